The molecule has 2 aliphatic heterocycles. The number of amides is 2. The summed E-state index contributed by atoms with van der Waals surface area (Å²) in [5.74, 6) is 0.883. The van der Waals surface area contributed by atoms with Gasteiger partial charge in [-0.1, -0.05) is 5.16 Å². The molecule has 2 aliphatic rings. The van der Waals surface area contributed by atoms with E-state index in [9.17, 15) is 9.59 Å². The van der Waals surface area contributed by atoms with E-state index in [4.69, 9.17) is 9.26 Å². The highest BCUT2D eigenvalue weighted by molar-refractivity contribution is 5.94. The summed E-state index contributed by atoms with van der Waals surface area (Å²) >= 11 is 0. The van der Waals surface area contributed by atoms with Crippen molar-refractivity contribution in [2.45, 2.75) is 39.3 Å². The molecule has 3 heterocycles. The Morgan fingerprint density at radius 3 is 2.33 bits per heavy atom. The van der Waals surface area contributed by atoms with Crippen molar-refractivity contribution in [3.05, 3.63) is 47.3 Å². The normalized spacial score (nSPS) is 17.3. The van der Waals surface area contributed by atoms with E-state index in [2.05, 4.69) is 15.4 Å². The van der Waals surface area contributed by atoms with Crippen LogP contribution < -0.4 is 10.2 Å². The van der Waals surface area contributed by atoms with Crippen molar-refractivity contribution >= 4 is 17.7 Å². The first kappa shape index (κ1) is 23.1. The van der Waals surface area contributed by atoms with E-state index in [0.717, 1.165) is 43.1 Å². The predicted octanol–water partition coefficient (Wildman–Crippen LogP) is 2.66. The third-order valence-electron chi connectivity index (χ3n) is 6.31. The summed E-state index contributed by atoms with van der Waals surface area (Å²) in [5.41, 5.74) is 2.73. The molecule has 33 heavy (non-hydrogen) atoms. The first-order valence-electron chi connectivity index (χ1n) is 11.7. The lowest BCUT2D eigenvalue weighted by Gasteiger charge is -2.35. The van der Waals surface area contributed by atoms with Gasteiger partial charge < -0.3 is 29.3 Å². The number of nitrogens with zero attached hydrogens (tertiary/aromatic N) is 4. The number of anilines is 1. The second kappa shape index (κ2) is 10.7. The van der Waals surface area contributed by atoms with Crippen LogP contribution in [0.15, 0.2) is 34.9 Å². The van der Waals surface area contributed by atoms with Crippen LogP contribution in [0, 0.1) is 6.92 Å². The Kier molecular flexibility index (Phi) is 7.49. The van der Waals surface area contributed by atoms with Gasteiger partial charge in [0.2, 0.25) is 0 Å². The Hall–Kier alpha value is -3.07. The van der Waals surface area contributed by atoms with Crippen molar-refractivity contribution in [1.82, 2.24) is 20.3 Å². The first-order valence-corrected chi connectivity index (χ1v) is 11.7. The van der Waals surface area contributed by atoms with Crippen LogP contribution in [0.5, 0.6) is 0 Å². The zero-order valence-corrected chi connectivity index (χ0v) is 19.5. The van der Waals surface area contributed by atoms with Gasteiger partial charge in [-0.2, -0.15) is 0 Å². The van der Waals surface area contributed by atoms with Gasteiger partial charge in [-0.15, -0.1) is 0 Å². The summed E-state index contributed by atoms with van der Waals surface area (Å²) < 4.78 is 10.3. The second-order valence-electron chi connectivity index (χ2n) is 8.60. The molecule has 9 nitrogen and oxygen atoms in total. The fourth-order valence-electron chi connectivity index (χ4n) is 4.39. The molecule has 0 atom stereocenters. The van der Waals surface area contributed by atoms with Gasteiger partial charge in [0.25, 0.3) is 5.91 Å². The molecule has 1 aromatic carbocycles. The van der Waals surface area contributed by atoms with Crippen molar-refractivity contribution < 1.29 is 18.8 Å². The Labute approximate surface area is 194 Å². The van der Waals surface area contributed by atoms with Gasteiger partial charge in [0, 0.05) is 62.6 Å². The SMILES string of the molecule is CCOC(=O)N1CCN(C(=O)c2ccc(N3CCC(NCc4cc(C)no4)CC3)cc2)CC1. The molecular weight excluding hydrogens is 422 g/mol. The molecule has 178 valence electrons. The van der Waals surface area contributed by atoms with Crippen LogP contribution in [0.25, 0.3) is 0 Å². The second-order valence-corrected chi connectivity index (χ2v) is 8.60. The van der Waals surface area contributed by atoms with Crippen molar-refractivity contribution in [1.29, 1.82) is 0 Å². The third kappa shape index (κ3) is 5.84. The Balaban J connectivity index is 1.23. The summed E-state index contributed by atoms with van der Waals surface area (Å²) in [4.78, 5) is 30.5. The van der Waals surface area contributed by atoms with Crippen LogP contribution >= 0.6 is 0 Å². The summed E-state index contributed by atoms with van der Waals surface area (Å²) in [6.07, 6.45) is 1.80. The molecule has 2 fully saturated rings. The lowest BCUT2D eigenvalue weighted by atomic mass is 10.0. The molecule has 0 saturated carbocycles. The van der Waals surface area contributed by atoms with Gasteiger partial charge >= 0.3 is 6.09 Å². The summed E-state index contributed by atoms with van der Waals surface area (Å²) in [7, 11) is 0. The smallest absolute Gasteiger partial charge is 0.409 e. The molecule has 2 amide bonds. The minimum absolute atomic E-state index is 0.00983. The van der Waals surface area contributed by atoms with E-state index in [0.29, 0.717) is 50.9 Å². The lowest BCUT2D eigenvalue weighted by Crippen LogP contribution is -2.50. The Morgan fingerprint density at radius 1 is 1.06 bits per heavy atom. The molecule has 9 heteroatoms. The monoisotopic (exact) mass is 455 g/mol. The summed E-state index contributed by atoms with van der Waals surface area (Å²) in [5, 5.41) is 7.49. The van der Waals surface area contributed by atoms with E-state index in [1.54, 1.807) is 16.7 Å². The number of rotatable bonds is 6. The van der Waals surface area contributed by atoms with Gasteiger partial charge in [-0.3, -0.25) is 4.79 Å². The topological polar surface area (TPSA) is 91.2 Å². The van der Waals surface area contributed by atoms with E-state index in [-0.39, 0.29) is 12.0 Å². The van der Waals surface area contributed by atoms with Crippen LogP contribution in [0.2, 0.25) is 0 Å². The zero-order chi connectivity index (χ0) is 23.2. The van der Waals surface area contributed by atoms with Crippen LogP contribution in [-0.2, 0) is 11.3 Å². The summed E-state index contributed by atoms with van der Waals surface area (Å²) in [6.45, 7) is 8.77. The maximum Gasteiger partial charge on any atom is 0.409 e. The molecule has 1 aromatic heterocycles. The molecule has 0 radical (unpaired) electrons. The molecule has 2 aromatic rings. The molecule has 0 bridgehead atoms. The molecule has 0 aliphatic carbocycles. The number of ether oxygens (including phenoxy) is 1. The predicted molar refractivity (Wildman–Crippen MR) is 124 cm³/mol. The number of carbonyl (C=O) groups excluding carboxylic acids is 2. The van der Waals surface area contributed by atoms with E-state index in [1.165, 1.54) is 0 Å². The molecule has 0 spiro atoms. The highest BCUT2D eigenvalue weighted by atomic mass is 16.6. The number of aryl methyl sites for hydroxylation is 1. The number of hydrogen-bond donors (Lipinski definition) is 1. The van der Waals surface area contributed by atoms with Crippen molar-refractivity contribution in [2.75, 3.05) is 50.8 Å². The fourth-order valence-corrected chi connectivity index (χ4v) is 4.39. The molecular formula is C24H33N5O4. The lowest BCUT2D eigenvalue weighted by molar-refractivity contribution is 0.0570. The van der Waals surface area contributed by atoms with E-state index in [1.807, 2.05) is 37.3 Å². The van der Waals surface area contributed by atoms with Gasteiger partial charge in [0.05, 0.1) is 18.8 Å². The minimum Gasteiger partial charge on any atom is -0.450 e. The first-order chi connectivity index (χ1) is 16.0. The zero-order valence-electron chi connectivity index (χ0n) is 19.5. The van der Waals surface area contributed by atoms with Crippen LogP contribution in [0.1, 0.15) is 41.6 Å². The maximum atomic E-state index is 12.9. The number of piperazine rings is 1. The van der Waals surface area contributed by atoms with Gasteiger partial charge in [-0.05, 0) is 51.0 Å². The van der Waals surface area contributed by atoms with E-state index >= 15 is 0 Å². The maximum absolute atomic E-state index is 12.9. The van der Waals surface area contributed by atoms with Gasteiger partial charge in [0.15, 0.2) is 5.76 Å². The Morgan fingerprint density at radius 2 is 1.73 bits per heavy atom. The van der Waals surface area contributed by atoms with Crippen molar-refractivity contribution in [3.63, 3.8) is 0 Å². The van der Waals surface area contributed by atoms with Crippen molar-refractivity contribution in [3.8, 4) is 0 Å². The standard InChI is InChI=1S/C24H33N5O4/c1-3-32-24(31)29-14-12-28(13-15-29)23(30)19-4-6-21(7-5-19)27-10-8-20(9-11-27)25-17-22-16-18(2)26-33-22/h4-7,16,20,25H,3,8-15,17H2,1-2H3. The number of hydrogen-bond acceptors (Lipinski definition) is 7. The average molecular weight is 456 g/mol. The number of nitrogens with one attached hydrogen (secondary N) is 1. The number of benzene rings is 1. The van der Waals surface area contributed by atoms with Gasteiger partial charge in [0.1, 0.15) is 0 Å². The van der Waals surface area contributed by atoms with Crippen LogP contribution in [0.4, 0.5) is 10.5 Å². The molecule has 0 unspecified atom stereocenters. The highest BCUT2D eigenvalue weighted by Gasteiger charge is 2.26. The number of carbonyl (C=O) groups is 2. The molecule has 4 rings (SSSR count). The van der Waals surface area contributed by atoms with Gasteiger partial charge in [-0.25, -0.2) is 4.79 Å². The average Bonchev–Trinajstić information content (AvgIpc) is 3.28. The van der Waals surface area contributed by atoms with Crippen LogP contribution in [-0.4, -0.2) is 78.9 Å². The van der Waals surface area contributed by atoms with E-state index < -0.39 is 0 Å². The third-order valence-corrected chi connectivity index (χ3v) is 6.31. The van der Waals surface area contributed by atoms with Crippen molar-refractivity contribution in [2.24, 2.45) is 0 Å². The number of aromatic nitrogens is 1. The number of piperidine rings is 1. The molecule has 2 saturated heterocycles. The fraction of sp³-hybridized carbons (Fsp3) is 0.542. The Bertz CT molecular complexity index is 929. The summed E-state index contributed by atoms with van der Waals surface area (Å²) in [6, 6.07) is 10.3. The highest BCUT2D eigenvalue weighted by Crippen LogP contribution is 2.22. The quantitative estimate of drug-likeness (QED) is 0.716. The largest absolute Gasteiger partial charge is 0.450 e. The van der Waals surface area contributed by atoms with Crippen LogP contribution in [0.3, 0.4) is 0 Å². The molecule has 1 N–H and O–H groups in total. The minimum atomic E-state index is -0.305.